The third-order valence-corrected chi connectivity index (χ3v) is 4.88. The average Bonchev–Trinajstić information content (AvgIpc) is 3.06. The van der Waals surface area contributed by atoms with Crippen LogP contribution in [-0.2, 0) is 5.75 Å². The van der Waals surface area contributed by atoms with Crippen molar-refractivity contribution >= 4 is 34.7 Å². The monoisotopic (exact) mass is 325 g/mol. The van der Waals surface area contributed by atoms with Gasteiger partial charge in [-0.3, -0.25) is 5.10 Å². The van der Waals surface area contributed by atoms with E-state index in [-0.39, 0.29) is 5.82 Å². The number of hydrogen-bond acceptors (Lipinski definition) is 4. The number of thiophene rings is 1. The van der Waals surface area contributed by atoms with Crippen LogP contribution >= 0.6 is 34.7 Å². The third-order valence-electron chi connectivity index (χ3n) is 2.57. The quantitative estimate of drug-likeness (QED) is 0.712. The van der Waals surface area contributed by atoms with E-state index in [1.54, 1.807) is 18.2 Å². The zero-order chi connectivity index (χ0) is 13.9. The highest BCUT2D eigenvalue weighted by Crippen LogP contribution is 2.28. The fourth-order valence-corrected chi connectivity index (χ4v) is 3.58. The van der Waals surface area contributed by atoms with E-state index >= 15 is 0 Å². The Labute approximate surface area is 128 Å². The first-order valence-electron chi connectivity index (χ1n) is 5.77. The van der Waals surface area contributed by atoms with Crippen molar-refractivity contribution in [3.05, 3.63) is 51.4 Å². The van der Waals surface area contributed by atoms with Crippen molar-refractivity contribution in [2.75, 3.05) is 0 Å². The molecule has 0 spiro atoms. The summed E-state index contributed by atoms with van der Waals surface area (Å²) in [5.74, 6) is 0.867. The van der Waals surface area contributed by atoms with Crippen molar-refractivity contribution in [1.82, 2.24) is 15.2 Å². The van der Waals surface area contributed by atoms with Gasteiger partial charge in [0.15, 0.2) is 5.82 Å². The smallest absolute Gasteiger partial charge is 0.209 e. The molecule has 2 aromatic heterocycles. The summed E-state index contributed by atoms with van der Waals surface area (Å²) in [6.07, 6.45) is 0. The maximum atomic E-state index is 13.6. The van der Waals surface area contributed by atoms with Crippen LogP contribution in [0.5, 0.6) is 0 Å². The molecule has 0 aliphatic carbocycles. The molecule has 0 saturated heterocycles. The molecule has 1 aromatic carbocycles. The molecule has 102 valence electrons. The van der Waals surface area contributed by atoms with Crippen LogP contribution in [0.4, 0.5) is 4.39 Å². The Kier molecular flexibility index (Phi) is 4.05. The van der Waals surface area contributed by atoms with Crippen molar-refractivity contribution in [3.8, 4) is 11.4 Å². The topological polar surface area (TPSA) is 41.6 Å². The summed E-state index contributed by atoms with van der Waals surface area (Å²) < 4.78 is 14.4. The van der Waals surface area contributed by atoms with Crippen molar-refractivity contribution in [3.63, 3.8) is 0 Å². The fourth-order valence-electron chi connectivity index (χ4n) is 1.65. The van der Waals surface area contributed by atoms with Gasteiger partial charge < -0.3 is 0 Å². The number of rotatable bonds is 4. The van der Waals surface area contributed by atoms with E-state index in [1.807, 2.05) is 12.1 Å². The van der Waals surface area contributed by atoms with Gasteiger partial charge >= 0.3 is 0 Å². The van der Waals surface area contributed by atoms with Crippen molar-refractivity contribution in [1.29, 1.82) is 0 Å². The van der Waals surface area contributed by atoms with Crippen LogP contribution in [-0.4, -0.2) is 15.2 Å². The minimum atomic E-state index is -0.315. The molecule has 3 nitrogen and oxygen atoms in total. The normalized spacial score (nSPS) is 10.9. The van der Waals surface area contributed by atoms with Gasteiger partial charge in [-0.2, -0.15) is 0 Å². The van der Waals surface area contributed by atoms with Gasteiger partial charge in [-0.25, -0.2) is 9.37 Å². The molecule has 0 aliphatic heterocycles. The standard InChI is InChI=1S/C13H9ClFN3S2/c14-11-6-5-8(20-11)7-19-13-16-12(17-18-13)9-3-1-2-4-10(9)15/h1-6H,7H2,(H,16,17,18). The Bertz CT molecular complexity index is 726. The van der Waals surface area contributed by atoms with E-state index in [0.29, 0.717) is 16.5 Å². The van der Waals surface area contributed by atoms with Gasteiger partial charge in [0.1, 0.15) is 5.82 Å². The van der Waals surface area contributed by atoms with E-state index in [9.17, 15) is 4.39 Å². The minimum absolute atomic E-state index is 0.315. The van der Waals surface area contributed by atoms with E-state index in [0.717, 1.165) is 15.0 Å². The molecule has 3 rings (SSSR count). The van der Waals surface area contributed by atoms with Crippen molar-refractivity contribution in [2.45, 2.75) is 10.9 Å². The SMILES string of the molecule is Fc1ccccc1-c1nc(SCc2ccc(Cl)s2)n[nH]1. The van der Waals surface area contributed by atoms with E-state index < -0.39 is 0 Å². The summed E-state index contributed by atoms with van der Waals surface area (Å²) in [6.45, 7) is 0. The van der Waals surface area contributed by atoms with E-state index in [2.05, 4.69) is 15.2 Å². The second-order valence-corrected chi connectivity index (χ2v) is 6.68. The number of benzene rings is 1. The summed E-state index contributed by atoms with van der Waals surface area (Å²) in [6, 6.07) is 10.3. The number of aromatic amines is 1. The van der Waals surface area contributed by atoms with Crippen LogP contribution < -0.4 is 0 Å². The molecule has 0 amide bonds. The van der Waals surface area contributed by atoms with Gasteiger partial charge in [0.05, 0.1) is 9.90 Å². The highest BCUT2D eigenvalue weighted by molar-refractivity contribution is 7.98. The van der Waals surface area contributed by atoms with Crippen LogP contribution in [0.3, 0.4) is 0 Å². The van der Waals surface area contributed by atoms with Crippen LogP contribution in [0.25, 0.3) is 11.4 Å². The van der Waals surface area contributed by atoms with Crippen LogP contribution in [0.15, 0.2) is 41.6 Å². The molecule has 3 aromatic rings. The Morgan fingerprint density at radius 3 is 2.85 bits per heavy atom. The highest BCUT2D eigenvalue weighted by Gasteiger charge is 2.10. The van der Waals surface area contributed by atoms with Crippen LogP contribution in [0.2, 0.25) is 4.34 Å². The number of aromatic nitrogens is 3. The Morgan fingerprint density at radius 1 is 1.25 bits per heavy atom. The van der Waals surface area contributed by atoms with Gasteiger partial charge in [0, 0.05) is 10.6 Å². The van der Waals surface area contributed by atoms with Crippen molar-refractivity contribution in [2.24, 2.45) is 0 Å². The number of halogens is 2. The number of nitrogens with one attached hydrogen (secondary N) is 1. The largest absolute Gasteiger partial charge is 0.258 e. The predicted molar refractivity (Wildman–Crippen MR) is 80.7 cm³/mol. The Balaban J connectivity index is 1.72. The van der Waals surface area contributed by atoms with Gasteiger partial charge in [-0.15, -0.1) is 16.4 Å². The summed E-state index contributed by atoms with van der Waals surface area (Å²) in [5.41, 5.74) is 0.422. The molecular formula is C13H9ClFN3S2. The second-order valence-electron chi connectivity index (χ2n) is 3.94. The lowest BCUT2D eigenvalue weighted by atomic mass is 10.2. The molecule has 0 fully saturated rings. The lowest BCUT2D eigenvalue weighted by molar-refractivity contribution is 0.630. The second kappa shape index (κ2) is 5.95. The zero-order valence-electron chi connectivity index (χ0n) is 10.1. The first kappa shape index (κ1) is 13.6. The Hall–Kier alpha value is -1.37. The molecule has 20 heavy (non-hydrogen) atoms. The first-order valence-corrected chi connectivity index (χ1v) is 7.95. The zero-order valence-corrected chi connectivity index (χ0v) is 12.5. The lowest BCUT2D eigenvalue weighted by Gasteiger charge is -1.96. The molecule has 0 saturated carbocycles. The summed E-state index contributed by atoms with van der Waals surface area (Å²) in [7, 11) is 0. The maximum absolute atomic E-state index is 13.6. The summed E-state index contributed by atoms with van der Waals surface area (Å²) in [4.78, 5) is 5.44. The first-order chi connectivity index (χ1) is 9.72. The number of thioether (sulfide) groups is 1. The van der Waals surface area contributed by atoms with Gasteiger partial charge in [-0.05, 0) is 24.3 Å². The molecule has 0 unspecified atom stereocenters. The fraction of sp³-hybridized carbons (Fsp3) is 0.0769. The maximum Gasteiger partial charge on any atom is 0.209 e. The Morgan fingerprint density at radius 2 is 2.10 bits per heavy atom. The lowest BCUT2D eigenvalue weighted by Crippen LogP contribution is -1.85. The molecular weight excluding hydrogens is 317 g/mol. The average molecular weight is 326 g/mol. The molecule has 0 bridgehead atoms. The van der Waals surface area contributed by atoms with Crippen molar-refractivity contribution < 1.29 is 4.39 Å². The van der Waals surface area contributed by atoms with E-state index in [1.165, 1.54) is 29.2 Å². The molecule has 1 N–H and O–H groups in total. The molecule has 0 atom stereocenters. The third kappa shape index (κ3) is 3.03. The van der Waals surface area contributed by atoms with Gasteiger partial charge in [0.25, 0.3) is 0 Å². The summed E-state index contributed by atoms with van der Waals surface area (Å²) >= 11 is 8.89. The number of nitrogens with zero attached hydrogens (tertiary/aromatic N) is 2. The molecule has 2 heterocycles. The predicted octanol–water partition coefficient (Wildman–Crippen LogP) is 4.62. The molecule has 0 aliphatic rings. The van der Waals surface area contributed by atoms with Crippen LogP contribution in [0.1, 0.15) is 4.88 Å². The highest BCUT2D eigenvalue weighted by atomic mass is 35.5. The molecule has 0 radical (unpaired) electrons. The minimum Gasteiger partial charge on any atom is -0.258 e. The van der Waals surface area contributed by atoms with Crippen LogP contribution in [0, 0.1) is 5.82 Å². The number of H-pyrrole nitrogens is 1. The van der Waals surface area contributed by atoms with Gasteiger partial charge in [-0.1, -0.05) is 35.5 Å². The summed E-state index contributed by atoms with van der Waals surface area (Å²) in [5, 5.41) is 7.44. The molecule has 7 heteroatoms. The van der Waals surface area contributed by atoms with Gasteiger partial charge in [0.2, 0.25) is 5.16 Å². The van der Waals surface area contributed by atoms with E-state index in [4.69, 9.17) is 11.6 Å². The number of hydrogen-bond donors (Lipinski definition) is 1.